The molecule has 0 unspecified atom stereocenters. The highest BCUT2D eigenvalue weighted by atomic mass is 127. The zero-order valence-electron chi connectivity index (χ0n) is 9.54. The van der Waals surface area contributed by atoms with Gasteiger partial charge in [-0.2, -0.15) is 0 Å². The Kier molecular flexibility index (Phi) is 4.50. The van der Waals surface area contributed by atoms with Crippen LogP contribution in [0.4, 0.5) is 10.2 Å². The third-order valence-electron chi connectivity index (χ3n) is 2.26. The Morgan fingerprint density at radius 1 is 1.44 bits per heavy atom. The van der Waals surface area contributed by atoms with E-state index in [1.165, 1.54) is 12.1 Å². The molecule has 0 saturated heterocycles. The topological polar surface area (TPSA) is 37.8 Å². The number of benzene rings is 1. The third kappa shape index (κ3) is 2.97. The maximum Gasteiger partial charge on any atom is 0.162 e. The lowest BCUT2D eigenvalue weighted by atomic mass is 10.2. The minimum atomic E-state index is -0.289. The number of aromatic nitrogens is 2. The number of rotatable bonds is 3. The van der Waals surface area contributed by atoms with E-state index in [9.17, 15) is 4.39 Å². The van der Waals surface area contributed by atoms with E-state index in [4.69, 9.17) is 0 Å². The van der Waals surface area contributed by atoms with Crippen LogP contribution in [0.25, 0.3) is 11.4 Å². The minimum Gasteiger partial charge on any atom is -0.369 e. The smallest absolute Gasteiger partial charge is 0.162 e. The molecule has 94 valence electrons. The molecule has 0 amide bonds. The molecule has 1 N–H and O–H groups in total. The lowest BCUT2D eigenvalue weighted by molar-refractivity contribution is 0.627. The van der Waals surface area contributed by atoms with Gasteiger partial charge in [-0.3, -0.25) is 0 Å². The van der Waals surface area contributed by atoms with Crippen LogP contribution >= 0.6 is 38.5 Å². The van der Waals surface area contributed by atoms with E-state index in [1.54, 1.807) is 12.3 Å². The summed E-state index contributed by atoms with van der Waals surface area (Å²) in [5, 5.41) is 3.17. The van der Waals surface area contributed by atoms with Crippen molar-refractivity contribution in [1.82, 2.24) is 9.97 Å². The second-order valence-electron chi connectivity index (χ2n) is 3.54. The molecule has 18 heavy (non-hydrogen) atoms. The van der Waals surface area contributed by atoms with Crippen LogP contribution in [0.2, 0.25) is 0 Å². The summed E-state index contributed by atoms with van der Waals surface area (Å²) in [5.41, 5.74) is 0.770. The van der Waals surface area contributed by atoms with E-state index in [0.717, 1.165) is 21.5 Å². The molecular weight excluding hydrogens is 412 g/mol. The van der Waals surface area contributed by atoms with Crippen LogP contribution in [0, 0.1) is 9.39 Å². The van der Waals surface area contributed by atoms with Gasteiger partial charge in [-0.05, 0) is 63.6 Å². The first-order valence-electron chi connectivity index (χ1n) is 5.33. The minimum absolute atomic E-state index is 0.289. The highest BCUT2D eigenvalue weighted by Crippen LogP contribution is 2.27. The molecule has 1 aromatic carbocycles. The second-order valence-corrected chi connectivity index (χ2v) is 5.56. The van der Waals surface area contributed by atoms with E-state index >= 15 is 0 Å². The summed E-state index contributed by atoms with van der Waals surface area (Å²) in [6, 6.07) is 4.47. The SMILES string of the molecule is CCNc1nc(-c2ccc(F)cc2Br)ncc1I. The van der Waals surface area contributed by atoms with Crippen LogP contribution < -0.4 is 5.32 Å². The summed E-state index contributed by atoms with van der Waals surface area (Å²) in [6.07, 6.45) is 1.75. The van der Waals surface area contributed by atoms with Gasteiger partial charge in [0.25, 0.3) is 0 Å². The van der Waals surface area contributed by atoms with Gasteiger partial charge in [-0.1, -0.05) is 0 Å². The van der Waals surface area contributed by atoms with Crippen molar-refractivity contribution in [1.29, 1.82) is 0 Å². The van der Waals surface area contributed by atoms with Gasteiger partial charge in [0.05, 0.1) is 3.57 Å². The Hall–Kier alpha value is -0.760. The number of anilines is 1. The van der Waals surface area contributed by atoms with Gasteiger partial charge in [0, 0.05) is 22.8 Å². The van der Waals surface area contributed by atoms with Crippen LogP contribution in [-0.2, 0) is 0 Å². The number of hydrogen-bond acceptors (Lipinski definition) is 3. The predicted molar refractivity (Wildman–Crippen MR) is 82.0 cm³/mol. The summed E-state index contributed by atoms with van der Waals surface area (Å²) in [7, 11) is 0. The van der Waals surface area contributed by atoms with Gasteiger partial charge in [-0.15, -0.1) is 0 Å². The van der Waals surface area contributed by atoms with Crippen molar-refractivity contribution in [2.75, 3.05) is 11.9 Å². The van der Waals surface area contributed by atoms with Crippen molar-refractivity contribution in [3.63, 3.8) is 0 Å². The Labute approximate surface area is 127 Å². The van der Waals surface area contributed by atoms with E-state index in [1.807, 2.05) is 6.92 Å². The van der Waals surface area contributed by atoms with Crippen molar-refractivity contribution in [2.45, 2.75) is 6.92 Å². The average molecular weight is 422 g/mol. The van der Waals surface area contributed by atoms with Crippen molar-refractivity contribution in [2.24, 2.45) is 0 Å². The average Bonchev–Trinajstić information content (AvgIpc) is 2.33. The molecule has 6 heteroatoms. The quantitative estimate of drug-likeness (QED) is 0.758. The number of nitrogens with one attached hydrogen (secondary N) is 1. The Bertz CT molecular complexity index is 577. The van der Waals surface area contributed by atoms with Gasteiger partial charge in [0.2, 0.25) is 0 Å². The molecule has 3 nitrogen and oxygen atoms in total. The molecule has 0 saturated carbocycles. The van der Waals surface area contributed by atoms with Crippen LogP contribution in [0.3, 0.4) is 0 Å². The van der Waals surface area contributed by atoms with Crippen molar-refractivity contribution >= 4 is 44.3 Å². The molecule has 0 fully saturated rings. The Morgan fingerprint density at radius 2 is 2.22 bits per heavy atom. The molecule has 0 aliphatic rings. The molecule has 2 aromatic rings. The summed E-state index contributed by atoms with van der Waals surface area (Å²) < 4.78 is 14.6. The van der Waals surface area contributed by atoms with E-state index in [2.05, 4.69) is 53.8 Å². The highest BCUT2D eigenvalue weighted by Gasteiger charge is 2.10. The van der Waals surface area contributed by atoms with Crippen LogP contribution in [0.1, 0.15) is 6.92 Å². The lowest BCUT2D eigenvalue weighted by Crippen LogP contribution is -2.04. The van der Waals surface area contributed by atoms with Crippen molar-refractivity contribution in [3.8, 4) is 11.4 Å². The normalized spacial score (nSPS) is 10.4. The molecule has 0 radical (unpaired) electrons. The Balaban J connectivity index is 2.47. The lowest BCUT2D eigenvalue weighted by Gasteiger charge is -2.08. The van der Waals surface area contributed by atoms with E-state index < -0.39 is 0 Å². The first-order chi connectivity index (χ1) is 8.61. The molecular formula is C12H10BrFIN3. The molecule has 0 aliphatic heterocycles. The molecule has 0 aliphatic carbocycles. The first kappa shape index (κ1) is 13.7. The fourth-order valence-electron chi connectivity index (χ4n) is 1.46. The summed E-state index contributed by atoms with van der Waals surface area (Å²) in [4.78, 5) is 8.71. The van der Waals surface area contributed by atoms with Gasteiger partial charge in [0.15, 0.2) is 5.82 Å². The Morgan fingerprint density at radius 3 is 2.89 bits per heavy atom. The maximum absolute atomic E-state index is 13.0. The predicted octanol–water partition coefficient (Wildman–Crippen LogP) is 4.08. The fourth-order valence-corrected chi connectivity index (χ4v) is 2.44. The van der Waals surface area contributed by atoms with Crippen molar-refractivity contribution < 1.29 is 4.39 Å². The van der Waals surface area contributed by atoms with E-state index in [0.29, 0.717) is 10.3 Å². The fraction of sp³-hybridized carbons (Fsp3) is 0.167. The molecule has 1 heterocycles. The number of nitrogens with zero attached hydrogens (tertiary/aromatic N) is 2. The third-order valence-corrected chi connectivity index (χ3v) is 3.71. The molecule has 2 rings (SSSR count). The molecule has 0 spiro atoms. The largest absolute Gasteiger partial charge is 0.369 e. The van der Waals surface area contributed by atoms with Gasteiger partial charge in [0.1, 0.15) is 11.6 Å². The van der Waals surface area contributed by atoms with Gasteiger partial charge < -0.3 is 5.32 Å². The number of halogens is 3. The van der Waals surface area contributed by atoms with Crippen LogP contribution in [0.5, 0.6) is 0 Å². The standard InChI is InChI=1S/C12H10BrFIN3/c1-2-16-12-10(15)6-17-11(18-12)8-4-3-7(14)5-9(8)13/h3-6H,2H2,1H3,(H,16,17,18). The maximum atomic E-state index is 13.0. The monoisotopic (exact) mass is 421 g/mol. The summed E-state index contributed by atoms with van der Waals surface area (Å²) in [6.45, 7) is 2.79. The summed E-state index contributed by atoms with van der Waals surface area (Å²) >= 11 is 5.50. The molecule has 0 bridgehead atoms. The van der Waals surface area contributed by atoms with Gasteiger partial charge in [-0.25, -0.2) is 14.4 Å². The van der Waals surface area contributed by atoms with Crippen molar-refractivity contribution in [3.05, 3.63) is 38.3 Å². The highest BCUT2D eigenvalue weighted by molar-refractivity contribution is 14.1. The number of hydrogen-bond donors (Lipinski definition) is 1. The zero-order chi connectivity index (χ0) is 13.1. The van der Waals surface area contributed by atoms with Crippen LogP contribution in [0.15, 0.2) is 28.9 Å². The summed E-state index contributed by atoms with van der Waals surface area (Å²) in [5.74, 6) is 1.07. The zero-order valence-corrected chi connectivity index (χ0v) is 13.3. The first-order valence-corrected chi connectivity index (χ1v) is 7.21. The van der Waals surface area contributed by atoms with E-state index in [-0.39, 0.29) is 5.82 Å². The second kappa shape index (κ2) is 5.92. The molecule has 1 aromatic heterocycles. The van der Waals surface area contributed by atoms with Gasteiger partial charge >= 0.3 is 0 Å². The van der Waals surface area contributed by atoms with Crippen LogP contribution in [-0.4, -0.2) is 16.5 Å². The molecule has 0 atom stereocenters.